The van der Waals surface area contributed by atoms with Gasteiger partial charge < -0.3 is 5.73 Å². The summed E-state index contributed by atoms with van der Waals surface area (Å²) in [5, 5.41) is 0. The average Bonchev–Trinajstić information content (AvgIpc) is 2.44. The van der Waals surface area contributed by atoms with Gasteiger partial charge in [0.15, 0.2) is 23.3 Å². The summed E-state index contributed by atoms with van der Waals surface area (Å²) in [5.74, 6) is -9.41. The minimum Gasteiger partial charge on any atom is -0.330 e. The molecule has 1 aromatic rings. The highest BCUT2D eigenvalue weighted by Gasteiger charge is 2.41. The summed E-state index contributed by atoms with van der Waals surface area (Å²) < 4.78 is 67.2. The van der Waals surface area contributed by atoms with Crippen LogP contribution in [0.4, 0.5) is 22.0 Å². The zero-order chi connectivity index (χ0) is 14.2. The standard InChI is InChI=1S/C13H14F5N/c14-8-7(9(15)11(17)12(18)10(8)16)13(6-19)4-2-1-3-5-13/h1-6,19H2. The van der Waals surface area contributed by atoms with Crippen LogP contribution in [0.25, 0.3) is 0 Å². The van der Waals surface area contributed by atoms with Crippen LogP contribution >= 0.6 is 0 Å². The fourth-order valence-electron chi connectivity index (χ4n) is 2.86. The summed E-state index contributed by atoms with van der Waals surface area (Å²) in [4.78, 5) is 0. The van der Waals surface area contributed by atoms with E-state index in [1.54, 1.807) is 0 Å². The Bertz CT molecular complexity index is 465. The third-order valence-corrected chi connectivity index (χ3v) is 3.94. The van der Waals surface area contributed by atoms with E-state index in [-0.39, 0.29) is 6.54 Å². The zero-order valence-corrected chi connectivity index (χ0v) is 10.2. The summed E-state index contributed by atoms with van der Waals surface area (Å²) in [6.45, 7) is -0.134. The van der Waals surface area contributed by atoms with Crippen molar-refractivity contribution in [2.75, 3.05) is 6.54 Å². The number of nitrogens with two attached hydrogens (primary N) is 1. The molecule has 1 aliphatic rings. The molecule has 2 rings (SSSR count). The Morgan fingerprint density at radius 3 is 1.58 bits per heavy atom. The average molecular weight is 279 g/mol. The van der Waals surface area contributed by atoms with Crippen molar-refractivity contribution < 1.29 is 22.0 Å². The molecule has 1 saturated carbocycles. The number of benzene rings is 1. The van der Waals surface area contributed by atoms with Gasteiger partial charge in [-0.25, -0.2) is 22.0 Å². The Hall–Kier alpha value is -1.17. The van der Waals surface area contributed by atoms with Gasteiger partial charge in [-0.15, -0.1) is 0 Å². The van der Waals surface area contributed by atoms with Gasteiger partial charge in [0.2, 0.25) is 5.82 Å². The molecule has 6 heteroatoms. The molecular formula is C13H14F5N. The Labute approximate surface area is 107 Å². The molecule has 0 aliphatic heterocycles. The van der Waals surface area contributed by atoms with Gasteiger partial charge in [0, 0.05) is 17.5 Å². The topological polar surface area (TPSA) is 26.0 Å². The molecule has 1 nitrogen and oxygen atoms in total. The van der Waals surface area contributed by atoms with Crippen molar-refractivity contribution in [2.45, 2.75) is 37.5 Å². The molecule has 1 aliphatic carbocycles. The first kappa shape index (κ1) is 14.2. The molecular weight excluding hydrogens is 265 g/mol. The lowest BCUT2D eigenvalue weighted by molar-refractivity contribution is 0.265. The molecule has 0 spiro atoms. The van der Waals surface area contributed by atoms with Crippen molar-refractivity contribution in [3.63, 3.8) is 0 Å². The van der Waals surface area contributed by atoms with Gasteiger partial charge in [0.05, 0.1) is 0 Å². The molecule has 2 N–H and O–H groups in total. The number of hydrogen-bond acceptors (Lipinski definition) is 1. The molecule has 0 amide bonds. The first-order chi connectivity index (χ1) is 8.94. The fraction of sp³-hybridized carbons (Fsp3) is 0.538. The first-order valence-electron chi connectivity index (χ1n) is 6.16. The summed E-state index contributed by atoms with van der Waals surface area (Å²) >= 11 is 0. The van der Waals surface area contributed by atoms with Crippen LogP contribution in [-0.4, -0.2) is 6.54 Å². The van der Waals surface area contributed by atoms with E-state index in [1.807, 2.05) is 0 Å². The van der Waals surface area contributed by atoms with Crippen LogP contribution in [0.15, 0.2) is 0 Å². The van der Waals surface area contributed by atoms with E-state index in [9.17, 15) is 22.0 Å². The van der Waals surface area contributed by atoms with Crippen LogP contribution in [-0.2, 0) is 5.41 Å². The van der Waals surface area contributed by atoms with Gasteiger partial charge in [0.1, 0.15) is 0 Å². The van der Waals surface area contributed by atoms with Gasteiger partial charge in [-0.2, -0.15) is 0 Å². The lowest BCUT2D eigenvalue weighted by atomic mass is 9.69. The molecule has 0 radical (unpaired) electrons. The van der Waals surface area contributed by atoms with Crippen LogP contribution in [0, 0.1) is 29.1 Å². The maximum absolute atomic E-state index is 13.8. The highest BCUT2D eigenvalue weighted by Crippen LogP contribution is 2.42. The van der Waals surface area contributed by atoms with E-state index in [0.29, 0.717) is 25.7 Å². The highest BCUT2D eigenvalue weighted by molar-refractivity contribution is 5.32. The summed E-state index contributed by atoms with van der Waals surface area (Å²) in [6, 6.07) is 0. The van der Waals surface area contributed by atoms with Crippen LogP contribution in [0.5, 0.6) is 0 Å². The molecule has 106 valence electrons. The lowest BCUT2D eigenvalue weighted by Gasteiger charge is -2.37. The van der Waals surface area contributed by atoms with Crippen LogP contribution < -0.4 is 5.73 Å². The van der Waals surface area contributed by atoms with E-state index in [1.165, 1.54) is 0 Å². The van der Waals surface area contributed by atoms with Crippen LogP contribution in [0.1, 0.15) is 37.7 Å². The second-order valence-corrected chi connectivity index (χ2v) is 4.99. The van der Waals surface area contributed by atoms with Crippen molar-refractivity contribution in [2.24, 2.45) is 5.73 Å². The van der Waals surface area contributed by atoms with Crippen molar-refractivity contribution >= 4 is 0 Å². The third kappa shape index (κ3) is 2.12. The predicted octanol–water partition coefficient (Wildman–Crippen LogP) is 3.54. The molecule has 19 heavy (non-hydrogen) atoms. The van der Waals surface area contributed by atoms with Crippen molar-refractivity contribution in [1.29, 1.82) is 0 Å². The first-order valence-corrected chi connectivity index (χ1v) is 6.16. The van der Waals surface area contributed by atoms with Crippen molar-refractivity contribution in [1.82, 2.24) is 0 Å². The van der Waals surface area contributed by atoms with Gasteiger partial charge in [-0.3, -0.25) is 0 Å². The fourth-order valence-corrected chi connectivity index (χ4v) is 2.86. The van der Waals surface area contributed by atoms with Gasteiger partial charge >= 0.3 is 0 Å². The third-order valence-electron chi connectivity index (χ3n) is 3.94. The second-order valence-electron chi connectivity index (χ2n) is 4.99. The Morgan fingerprint density at radius 1 is 0.737 bits per heavy atom. The zero-order valence-electron chi connectivity index (χ0n) is 10.2. The van der Waals surface area contributed by atoms with E-state index >= 15 is 0 Å². The van der Waals surface area contributed by atoms with Crippen LogP contribution in [0.2, 0.25) is 0 Å². The Balaban J connectivity index is 2.67. The summed E-state index contributed by atoms with van der Waals surface area (Å²) in [5.41, 5.74) is 3.68. The second kappa shape index (κ2) is 5.07. The molecule has 0 bridgehead atoms. The van der Waals surface area contributed by atoms with Crippen molar-refractivity contribution in [3.8, 4) is 0 Å². The highest BCUT2D eigenvalue weighted by atomic mass is 19.2. The summed E-state index contributed by atoms with van der Waals surface area (Å²) in [7, 11) is 0. The SMILES string of the molecule is NCC1(c2c(F)c(F)c(F)c(F)c2F)CCCCC1. The van der Waals surface area contributed by atoms with E-state index in [2.05, 4.69) is 0 Å². The smallest absolute Gasteiger partial charge is 0.200 e. The molecule has 0 unspecified atom stereocenters. The monoisotopic (exact) mass is 279 g/mol. The minimum atomic E-state index is -2.12. The van der Waals surface area contributed by atoms with Crippen molar-refractivity contribution in [3.05, 3.63) is 34.6 Å². The molecule has 0 aromatic heterocycles. The summed E-state index contributed by atoms with van der Waals surface area (Å²) in [6.07, 6.45) is 2.87. The normalized spacial score (nSPS) is 18.6. The largest absolute Gasteiger partial charge is 0.330 e. The van der Waals surface area contributed by atoms with Gasteiger partial charge in [0.25, 0.3) is 0 Å². The minimum absolute atomic E-state index is 0.134. The van der Waals surface area contributed by atoms with Crippen LogP contribution in [0.3, 0.4) is 0 Å². The van der Waals surface area contributed by atoms with E-state index in [4.69, 9.17) is 5.73 Å². The molecule has 0 saturated heterocycles. The Morgan fingerprint density at radius 2 is 1.16 bits per heavy atom. The van der Waals surface area contributed by atoms with E-state index < -0.39 is 40.1 Å². The number of rotatable bonds is 2. The molecule has 1 aromatic carbocycles. The molecule has 0 atom stereocenters. The predicted molar refractivity (Wildman–Crippen MR) is 60.0 cm³/mol. The quantitative estimate of drug-likeness (QED) is 0.500. The maximum Gasteiger partial charge on any atom is 0.200 e. The Kier molecular flexibility index (Phi) is 3.80. The maximum atomic E-state index is 13.8. The van der Waals surface area contributed by atoms with Gasteiger partial charge in [-0.1, -0.05) is 19.3 Å². The number of halogens is 5. The molecule has 1 fully saturated rings. The van der Waals surface area contributed by atoms with Gasteiger partial charge in [-0.05, 0) is 12.8 Å². The van der Waals surface area contributed by atoms with E-state index in [0.717, 1.165) is 6.42 Å². The number of hydrogen-bond donors (Lipinski definition) is 1. The molecule has 0 heterocycles. The lowest BCUT2D eigenvalue weighted by Crippen LogP contribution is -2.39.